The van der Waals surface area contributed by atoms with E-state index in [-0.39, 0.29) is 5.78 Å². The monoisotopic (exact) mass is 402 g/mol. The molecule has 0 aliphatic heterocycles. The molecule has 3 rings (SSSR count). The maximum atomic E-state index is 12.9. The summed E-state index contributed by atoms with van der Waals surface area (Å²) >= 11 is 12.1. The summed E-state index contributed by atoms with van der Waals surface area (Å²) in [6, 6.07) is 10.9. The van der Waals surface area contributed by atoms with Gasteiger partial charge in [-0.2, -0.15) is 0 Å². The first kappa shape index (κ1) is 19.5. The lowest BCUT2D eigenvalue weighted by molar-refractivity contribution is -0.112. The summed E-state index contributed by atoms with van der Waals surface area (Å²) < 4.78 is 10.6. The molecule has 0 heterocycles. The van der Waals surface area contributed by atoms with Crippen molar-refractivity contribution in [1.29, 1.82) is 0 Å². The molecule has 0 spiro atoms. The topological polar surface area (TPSA) is 35.5 Å². The fraction of sp³-hybridized carbons (Fsp3) is 0.227. The van der Waals surface area contributed by atoms with E-state index >= 15 is 0 Å². The zero-order valence-corrected chi connectivity index (χ0v) is 16.7. The third kappa shape index (κ3) is 4.74. The highest BCUT2D eigenvalue weighted by Crippen LogP contribution is 2.32. The first-order valence-electron chi connectivity index (χ1n) is 8.64. The summed E-state index contributed by atoms with van der Waals surface area (Å²) in [4.78, 5) is 12.9. The smallest absolute Gasteiger partial charge is 0.185 e. The number of ether oxygens (including phenoxy) is 2. The van der Waals surface area contributed by atoms with Crippen molar-refractivity contribution in [1.82, 2.24) is 0 Å². The molecule has 1 fully saturated rings. The molecule has 0 N–H and O–H groups in total. The zero-order chi connectivity index (χ0) is 19.4. The summed E-state index contributed by atoms with van der Waals surface area (Å²) in [5.74, 6) is 1.36. The number of carbonyl (C=O) groups is 1. The van der Waals surface area contributed by atoms with Crippen LogP contribution >= 0.6 is 23.2 Å². The van der Waals surface area contributed by atoms with Gasteiger partial charge in [0, 0.05) is 21.2 Å². The van der Waals surface area contributed by atoms with Crippen LogP contribution in [0.4, 0.5) is 0 Å². The zero-order valence-electron chi connectivity index (χ0n) is 15.2. The van der Waals surface area contributed by atoms with E-state index in [0.717, 1.165) is 41.5 Å². The Hall–Kier alpha value is -2.23. The van der Waals surface area contributed by atoms with E-state index in [4.69, 9.17) is 32.7 Å². The average molecular weight is 403 g/mol. The van der Waals surface area contributed by atoms with E-state index < -0.39 is 0 Å². The number of rotatable bonds is 4. The molecule has 2 aromatic rings. The standard InChI is InChI=1S/C22H20Cl2O3/c1-26-20-7-6-14(12-21(20)27-2)8-16-4-3-5-17(22(16)25)9-15-10-18(23)13-19(24)11-15/h6-13H,3-5H2,1-2H3/b16-8+,17-9+. The van der Waals surface area contributed by atoms with Gasteiger partial charge in [-0.1, -0.05) is 29.3 Å². The van der Waals surface area contributed by atoms with Crippen molar-refractivity contribution < 1.29 is 14.3 Å². The maximum Gasteiger partial charge on any atom is 0.185 e. The first-order chi connectivity index (χ1) is 13.0. The minimum absolute atomic E-state index is 0.0622. The van der Waals surface area contributed by atoms with Crippen molar-refractivity contribution in [2.45, 2.75) is 19.3 Å². The van der Waals surface area contributed by atoms with Gasteiger partial charge in [-0.3, -0.25) is 4.79 Å². The van der Waals surface area contributed by atoms with E-state index in [0.29, 0.717) is 21.5 Å². The van der Waals surface area contributed by atoms with Gasteiger partial charge >= 0.3 is 0 Å². The number of Topliss-reactive ketones (excluding diaryl/α,β-unsaturated/α-hetero) is 1. The molecular formula is C22H20Cl2O3. The molecule has 0 radical (unpaired) electrons. The molecule has 140 valence electrons. The molecule has 3 nitrogen and oxygen atoms in total. The molecule has 0 atom stereocenters. The molecule has 0 aromatic heterocycles. The maximum absolute atomic E-state index is 12.9. The molecule has 0 unspecified atom stereocenters. The SMILES string of the molecule is COc1ccc(/C=C2\CCC/C(=C\c3cc(Cl)cc(Cl)c3)C2=O)cc1OC. The Kier molecular flexibility index (Phi) is 6.25. The molecule has 0 bridgehead atoms. The molecule has 1 saturated carbocycles. The third-order valence-electron chi connectivity index (χ3n) is 4.45. The largest absolute Gasteiger partial charge is 0.493 e. The Morgan fingerprint density at radius 1 is 0.815 bits per heavy atom. The first-order valence-corrected chi connectivity index (χ1v) is 9.39. The summed E-state index contributed by atoms with van der Waals surface area (Å²) in [5, 5.41) is 1.11. The summed E-state index contributed by atoms with van der Waals surface area (Å²) in [6.07, 6.45) is 6.21. The molecule has 1 aliphatic rings. The molecule has 5 heteroatoms. The van der Waals surface area contributed by atoms with Crippen LogP contribution < -0.4 is 9.47 Å². The lowest BCUT2D eigenvalue weighted by Crippen LogP contribution is -2.12. The summed E-state index contributed by atoms with van der Waals surface area (Å²) in [6.45, 7) is 0. The Balaban J connectivity index is 1.90. The molecule has 0 amide bonds. The van der Waals surface area contributed by atoms with Gasteiger partial charge in [0.25, 0.3) is 0 Å². The molecular weight excluding hydrogens is 383 g/mol. The van der Waals surface area contributed by atoms with Crippen LogP contribution in [0.2, 0.25) is 10.0 Å². The van der Waals surface area contributed by atoms with Gasteiger partial charge in [0.15, 0.2) is 17.3 Å². The van der Waals surface area contributed by atoms with Crippen LogP contribution in [-0.2, 0) is 4.79 Å². The van der Waals surface area contributed by atoms with Crippen molar-refractivity contribution in [2.24, 2.45) is 0 Å². The van der Waals surface area contributed by atoms with Crippen LogP contribution in [0.5, 0.6) is 11.5 Å². The van der Waals surface area contributed by atoms with E-state index in [1.807, 2.05) is 30.4 Å². The van der Waals surface area contributed by atoms with Crippen LogP contribution in [0, 0.1) is 0 Å². The van der Waals surface area contributed by atoms with Gasteiger partial charge < -0.3 is 9.47 Å². The number of halogens is 2. The van der Waals surface area contributed by atoms with Gasteiger partial charge in [-0.05, 0) is 72.9 Å². The van der Waals surface area contributed by atoms with Gasteiger partial charge in [0.05, 0.1) is 14.2 Å². The number of hydrogen-bond acceptors (Lipinski definition) is 3. The summed E-state index contributed by atoms with van der Waals surface area (Å²) in [7, 11) is 3.19. The van der Waals surface area contributed by atoms with Crippen LogP contribution in [-0.4, -0.2) is 20.0 Å². The molecule has 27 heavy (non-hydrogen) atoms. The van der Waals surface area contributed by atoms with Crippen molar-refractivity contribution in [2.75, 3.05) is 14.2 Å². The van der Waals surface area contributed by atoms with Crippen LogP contribution in [0.25, 0.3) is 12.2 Å². The van der Waals surface area contributed by atoms with Crippen molar-refractivity contribution in [3.8, 4) is 11.5 Å². The van der Waals surface area contributed by atoms with Crippen molar-refractivity contribution in [3.63, 3.8) is 0 Å². The predicted molar refractivity (Wildman–Crippen MR) is 111 cm³/mol. The minimum Gasteiger partial charge on any atom is -0.493 e. The number of ketones is 1. The second kappa shape index (κ2) is 8.64. The highest BCUT2D eigenvalue weighted by Gasteiger charge is 2.20. The van der Waals surface area contributed by atoms with E-state index in [9.17, 15) is 4.79 Å². The quantitative estimate of drug-likeness (QED) is 0.568. The highest BCUT2D eigenvalue weighted by molar-refractivity contribution is 6.34. The second-order valence-corrected chi connectivity index (χ2v) is 7.21. The fourth-order valence-electron chi connectivity index (χ4n) is 3.18. The summed E-state index contributed by atoms with van der Waals surface area (Å²) in [5.41, 5.74) is 3.30. The number of allylic oxidation sites excluding steroid dienone is 2. The number of hydrogen-bond donors (Lipinski definition) is 0. The lowest BCUT2D eigenvalue weighted by Gasteiger charge is -2.17. The normalized spacial score (nSPS) is 17.4. The van der Waals surface area contributed by atoms with E-state index in [2.05, 4.69) is 0 Å². The molecule has 1 aliphatic carbocycles. The highest BCUT2D eigenvalue weighted by atomic mass is 35.5. The Morgan fingerprint density at radius 2 is 1.41 bits per heavy atom. The number of benzene rings is 2. The van der Waals surface area contributed by atoms with Crippen molar-refractivity contribution in [3.05, 3.63) is 68.7 Å². The van der Waals surface area contributed by atoms with E-state index in [1.165, 1.54) is 0 Å². The average Bonchev–Trinajstić information content (AvgIpc) is 2.64. The Bertz CT molecular complexity index is 909. The third-order valence-corrected chi connectivity index (χ3v) is 4.89. The van der Waals surface area contributed by atoms with Gasteiger partial charge in [0.2, 0.25) is 0 Å². The Labute approximate surface area is 169 Å². The van der Waals surface area contributed by atoms with Gasteiger partial charge in [0.1, 0.15) is 0 Å². The lowest BCUT2D eigenvalue weighted by atomic mass is 9.87. The molecule has 2 aromatic carbocycles. The molecule has 0 saturated heterocycles. The Morgan fingerprint density at radius 3 is 2.00 bits per heavy atom. The predicted octanol–water partition coefficient (Wildman–Crippen LogP) is 6.23. The number of methoxy groups -OCH3 is 2. The van der Waals surface area contributed by atoms with Gasteiger partial charge in [-0.25, -0.2) is 0 Å². The van der Waals surface area contributed by atoms with E-state index in [1.54, 1.807) is 32.4 Å². The van der Waals surface area contributed by atoms with Crippen LogP contribution in [0.1, 0.15) is 30.4 Å². The van der Waals surface area contributed by atoms with Crippen molar-refractivity contribution >= 4 is 41.1 Å². The second-order valence-electron chi connectivity index (χ2n) is 6.34. The van der Waals surface area contributed by atoms with Crippen LogP contribution in [0.15, 0.2) is 47.5 Å². The minimum atomic E-state index is 0.0622. The number of carbonyl (C=O) groups excluding carboxylic acids is 1. The fourth-order valence-corrected chi connectivity index (χ4v) is 3.72. The van der Waals surface area contributed by atoms with Gasteiger partial charge in [-0.15, -0.1) is 0 Å². The van der Waals surface area contributed by atoms with Crippen LogP contribution in [0.3, 0.4) is 0 Å².